The first-order valence-electron chi connectivity index (χ1n) is 9.02. The first-order chi connectivity index (χ1) is 15.0. The van der Waals surface area contributed by atoms with Crippen molar-refractivity contribution in [3.05, 3.63) is 0 Å². The predicted octanol–water partition coefficient (Wildman–Crippen LogP) is -3.01. The van der Waals surface area contributed by atoms with Gasteiger partial charge >= 0.3 is 0 Å². The van der Waals surface area contributed by atoms with E-state index < -0.39 is 67.8 Å². The maximum Gasteiger partial charge on any atom is 0.194 e. The molecule has 3 aliphatic rings. The number of hydrogen-bond acceptors (Lipinski definition) is 17. The topological polar surface area (TPSA) is 188 Å². The maximum atomic E-state index is 10.4. The van der Waals surface area contributed by atoms with Crippen LogP contribution < -0.4 is 10.5 Å². The van der Waals surface area contributed by atoms with E-state index in [9.17, 15) is 20.7 Å². The third-order valence-electron chi connectivity index (χ3n) is 5.09. The van der Waals surface area contributed by atoms with E-state index in [0.717, 1.165) is 0 Å². The molecule has 17 heteroatoms. The number of ether oxygens (including phenoxy) is 5. The van der Waals surface area contributed by atoms with Crippen molar-refractivity contribution >= 4 is 24.6 Å². The Hall–Kier alpha value is 0.1000. The molecule has 3 rings (SSSR count). The lowest BCUT2D eigenvalue weighted by molar-refractivity contribution is -0.778. The zero-order valence-electron chi connectivity index (χ0n) is 16.2. The van der Waals surface area contributed by atoms with Crippen LogP contribution in [0.25, 0.3) is 0 Å². The smallest absolute Gasteiger partial charge is 0.194 e. The van der Waals surface area contributed by atoms with E-state index >= 15 is 0 Å². The highest BCUT2D eigenvalue weighted by atomic mass is 32.2. The second-order valence-electron chi connectivity index (χ2n) is 6.72. The summed E-state index contributed by atoms with van der Waals surface area (Å²) < 4.78 is 47.5. The van der Waals surface area contributed by atoms with Crippen molar-refractivity contribution < 1.29 is 71.5 Å². The SMILES string of the molecule is COC1[C@H](O)C(CO)O[C@@H](O[C@H]2C3CO[C@H]2C(OSOO[O-])[C@@H](C)O3)[C@H]1OSOO[O-]. The molecule has 3 aliphatic heterocycles. The van der Waals surface area contributed by atoms with Gasteiger partial charge in [0.25, 0.3) is 0 Å². The minimum Gasteiger partial charge on any atom is -0.691 e. The lowest BCUT2D eigenvalue weighted by atomic mass is 9.97. The average Bonchev–Trinajstić information content (AvgIpc) is 3.05. The Morgan fingerprint density at radius 2 is 1.68 bits per heavy atom. The van der Waals surface area contributed by atoms with Crippen LogP contribution >= 0.6 is 24.6 Å². The van der Waals surface area contributed by atoms with Crippen molar-refractivity contribution in [1.82, 2.24) is 0 Å². The van der Waals surface area contributed by atoms with Gasteiger partial charge in [0.15, 0.2) is 37.0 Å². The summed E-state index contributed by atoms with van der Waals surface area (Å²) in [7, 11) is 1.31. The zero-order valence-corrected chi connectivity index (χ0v) is 17.8. The first-order valence-corrected chi connectivity index (χ1v) is 10.4. The molecule has 0 amide bonds. The van der Waals surface area contributed by atoms with Gasteiger partial charge in [-0.3, -0.25) is 18.4 Å². The molecule has 0 saturated carbocycles. The summed E-state index contributed by atoms with van der Waals surface area (Å²) in [6.45, 7) is 1.40. The number of methoxy groups -OCH3 is 1. The molecule has 182 valence electrons. The van der Waals surface area contributed by atoms with Crippen LogP contribution in [0.3, 0.4) is 0 Å². The second-order valence-corrected chi connectivity index (χ2v) is 7.65. The molecule has 3 fully saturated rings. The zero-order chi connectivity index (χ0) is 22.4. The summed E-state index contributed by atoms with van der Waals surface area (Å²) in [5, 5.41) is 46.5. The Morgan fingerprint density at radius 3 is 2.29 bits per heavy atom. The highest BCUT2D eigenvalue weighted by Crippen LogP contribution is 2.38. The summed E-state index contributed by atoms with van der Waals surface area (Å²) in [6, 6.07) is 0. The van der Waals surface area contributed by atoms with Crippen molar-refractivity contribution in [3.8, 4) is 0 Å². The summed E-state index contributed by atoms with van der Waals surface area (Å²) in [6.07, 6.45) is -8.72. The van der Waals surface area contributed by atoms with Gasteiger partial charge in [-0.05, 0) is 6.92 Å². The van der Waals surface area contributed by atoms with Gasteiger partial charge in [0.2, 0.25) is 0 Å². The largest absolute Gasteiger partial charge is 0.691 e. The van der Waals surface area contributed by atoms with Crippen LogP contribution in [-0.4, -0.2) is 91.8 Å². The van der Waals surface area contributed by atoms with Crippen LogP contribution in [0.15, 0.2) is 0 Å². The normalized spacial score (nSPS) is 42.8. The molecule has 0 aliphatic carbocycles. The number of aliphatic hydroxyl groups excluding tert-OH is 2. The summed E-state index contributed by atoms with van der Waals surface area (Å²) >= 11 is 0.504. The fourth-order valence-electron chi connectivity index (χ4n) is 3.75. The summed E-state index contributed by atoms with van der Waals surface area (Å²) in [5.74, 6) is 0. The number of fused-ring (bicyclic) bond motifs is 2. The quantitative estimate of drug-likeness (QED) is 0.121. The standard InChI is InChI=1S/C14H24O15S2/c1-5-9(24-30-28-26-17)12-10(7(21-5)4-20-12)23-14-13(25-31-29-27-18)11(19-2)8(16)6(3-15)22-14/h5-18H,3-4H2,1-2H3/p-2/t5-,6?,7?,8-,9?,10+,11?,12+,13+,14+/m1/s1. The van der Waals surface area contributed by atoms with Crippen molar-refractivity contribution in [1.29, 1.82) is 0 Å². The van der Waals surface area contributed by atoms with Crippen molar-refractivity contribution in [2.75, 3.05) is 20.3 Å². The molecule has 10 atom stereocenters. The van der Waals surface area contributed by atoms with Gasteiger partial charge in [0, 0.05) is 7.11 Å². The third-order valence-corrected chi connectivity index (χ3v) is 5.92. The molecule has 0 aromatic rings. The van der Waals surface area contributed by atoms with Crippen LogP contribution in [0.1, 0.15) is 6.92 Å². The van der Waals surface area contributed by atoms with Crippen LogP contribution in [-0.2, 0) is 50.8 Å². The molecular formula is C14H22O15S2-2. The first kappa shape index (κ1) is 25.7. The van der Waals surface area contributed by atoms with E-state index in [4.69, 9.17) is 32.1 Å². The average molecular weight is 494 g/mol. The van der Waals surface area contributed by atoms with Gasteiger partial charge in [-0.25, -0.2) is 0 Å². The van der Waals surface area contributed by atoms with E-state index in [1.807, 2.05) is 0 Å². The summed E-state index contributed by atoms with van der Waals surface area (Å²) in [4.78, 5) is 0. The molecule has 0 radical (unpaired) electrons. The third kappa shape index (κ3) is 5.97. The minimum atomic E-state index is -1.28. The fraction of sp³-hybridized carbons (Fsp3) is 1.00. The van der Waals surface area contributed by atoms with E-state index in [0.29, 0.717) is 12.3 Å². The molecule has 15 nitrogen and oxygen atoms in total. The molecule has 0 spiro atoms. The Kier molecular flexibility index (Phi) is 10.4. The molecular weight excluding hydrogens is 472 g/mol. The fourth-order valence-corrected chi connectivity index (χ4v) is 4.51. The molecule has 0 aromatic heterocycles. The van der Waals surface area contributed by atoms with Crippen LogP contribution in [0.5, 0.6) is 0 Å². The Balaban J connectivity index is 1.73. The Bertz CT molecular complexity index is 534. The molecule has 31 heavy (non-hydrogen) atoms. The van der Waals surface area contributed by atoms with Crippen LogP contribution in [0.4, 0.5) is 0 Å². The number of hydrogen-bond donors (Lipinski definition) is 2. The van der Waals surface area contributed by atoms with E-state index in [2.05, 4.69) is 18.7 Å². The Labute approximate surface area is 185 Å². The Morgan fingerprint density at radius 1 is 1.00 bits per heavy atom. The molecule has 2 N–H and O–H groups in total. The highest BCUT2D eigenvalue weighted by molar-refractivity contribution is 7.89. The molecule has 4 unspecified atom stereocenters. The van der Waals surface area contributed by atoms with Gasteiger partial charge in [-0.15, -0.1) is 8.67 Å². The van der Waals surface area contributed by atoms with Crippen molar-refractivity contribution in [2.45, 2.75) is 68.1 Å². The van der Waals surface area contributed by atoms with Gasteiger partial charge in [-0.2, -0.15) is 0 Å². The molecule has 3 saturated heterocycles. The lowest BCUT2D eigenvalue weighted by Gasteiger charge is -2.45. The monoisotopic (exact) mass is 494 g/mol. The summed E-state index contributed by atoms with van der Waals surface area (Å²) in [5.41, 5.74) is 0. The molecule has 3 heterocycles. The predicted molar refractivity (Wildman–Crippen MR) is 90.8 cm³/mol. The van der Waals surface area contributed by atoms with Crippen molar-refractivity contribution in [2.24, 2.45) is 0 Å². The van der Waals surface area contributed by atoms with E-state index in [1.54, 1.807) is 6.92 Å². The van der Waals surface area contributed by atoms with E-state index in [-0.39, 0.29) is 18.9 Å². The lowest BCUT2D eigenvalue weighted by Crippen LogP contribution is -2.63. The van der Waals surface area contributed by atoms with Gasteiger partial charge in [0.1, 0.15) is 42.7 Å². The molecule has 2 bridgehead atoms. The highest BCUT2D eigenvalue weighted by Gasteiger charge is 2.55. The van der Waals surface area contributed by atoms with Crippen LogP contribution in [0, 0.1) is 0 Å². The van der Waals surface area contributed by atoms with Crippen LogP contribution in [0.2, 0.25) is 0 Å². The van der Waals surface area contributed by atoms with Crippen molar-refractivity contribution in [3.63, 3.8) is 0 Å². The van der Waals surface area contributed by atoms with Gasteiger partial charge in [-0.1, -0.05) is 0 Å². The van der Waals surface area contributed by atoms with E-state index in [1.165, 1.54) is 7.11 Å². The number of rotatable bonds is 12. The molecule has 0 aromatic carbocycles. The van der Waals surface area contributed by atoms with Gasteiger partial charge < -0.3 is 44.4 Å². The number of aliphatic hydroxyl groups is 2. The minimum absolute atomic E-state index is 0.184. The van der Waals surface area contributed by atoms with Gasteiger partial charge in [0.05, 0.1) is 19.3 Å². The maximum absolute atomic E-state index is 10.4. The second kappa shape index (κ2) is 12.5.